The van der Waals surface area contributed by atoms with E-state index in [0.29, 0.717) is 6.04 Å². The third-order valence-electron chi connectivity index (χ3n) is 4.94. The van der Waals surface area contributed by atoms with Crippen molar-refractivity contribution in [2.75, 3.05) is 7.11 Å². The average Bonchev–Trinajstić information content (AvgIpc) is 3.12. The van der Waals surface area contributed by atoms with Gasteiger partial charge in [-0.2, -0.15) is 0 Å². The number of aryl methyl sites for hydroxylation is 2. The van der Waals surface area contributed by atoms with Crippen LogP contribution in [-0.4, -0.2) is 17.1 Å². The van der Waals surface area contributed by atoms with E-state index in [9.17, 15) is 0 Å². The molecule has 0 radical (unpaired) electrons. The van der Waals surface area contributed by atoms with Gasteiger partial charge in [0.1, 0.15) is 10.8 Å². The molecule has 1 aliphatic rings. The molecule has 4 rings (SSSR count). The second kappa shape index (κ2) is 7.56. The molecule has 0 saturated heterocycles. The molecular formula is C21H23N3OS. The Morgan fingerprint density at radius 1 is 1.23 bits per heavy atom. The molecule has 2 aromatic heterocycles. The highest BCUT2D eigenvalue weighted by molar-refractivity contribution is 7.15. The third kappa shape index (κ3) is 3.50. The molecule has 134 valence electrons. The van der Waals surface area contributed by atoms with Gasteiger partial charge in [-0.1, -0.05) is 6.07 Å². The van der Waals surface area contributed by atoms with Crippen molar-refractivity contribution in [1.29, 1.82) is 0 Å². The van der Waals surface area contributed by atoms with E-state index in [4.69, 9.17) is 9.72 Å². The molecule has 4 nitrogen and oxygen atoms in total. The maximum atomic E-state index is 5.25. The fourth-order valence-corrected chi connectivity index (χ4v) is 4.64. The van der Waals surface area contributed by atoms with Gasteiger partial charge in [0.2, 0.25) is 0 Å². The summed E-state index contributed by atoms with van der Waals surface area (Å²) in [6, 6.07) is 12.7. The van der Waals surface area contributed by atoms with Crippen LogP contribution in [0.3, 0.4) is 0 Å². The number of benzene rings is 1. The van der Waals surface area contributed by atoms with Crippen molar-refractivity contribution in [2.24, 2.45) is 0 Å². The van der Waals surface area contributed by atoms with E-state index in [2.05, 4.69) is 35.4 Å². The fourth-order valence-electron chi connectivity index (χ4n) is 3.41. The van der Waals surface area contributed by atoms with Crippen LogP contribution in [0.25, 0.3) is 10.6 Å². The molecule has 1 aliphatic carbocycles. The van der Waals surface area contributed by atoms with Gasteiger partial charge in [-0.25, -0.2) is 4.98 Å². The second-order valence-electron chi connectivity index (χ2n) is 6.63. The SMILES string of the molecule is COc1ccc(-c2nc3c(s2)C(NCc2cccnc2C)CCC3)cc1. The Hall–Kier alpha value is -2.24. The highest BCUT2D eigenvalue weighted by Gasteiger charge is 2.24. The first kappa shape index (κ1) is 17.2. The zero-order chi connectivity index (χ0) is 17.9. The predicted molar refractivity (Wildman–Crippen MR) is 106 cm³/mol. The predicted octanol–water partition coefficient (Wildman–Crippen LogP) is 4.69. The number of thiazole rings is 1. The molecule has 1 aromatic carbocycles. The number of ether oxygens (including phenoxy) is 1. The summed E-state index contributed by atoms with van der Waals surface area (Å²) in [5.74, 6) is 0.876. The molecule has 0 bridgehead atoms. The number of hydrogen-bond donors (Lipinski definition) is 1. The maximum absolute atomic E-state index is 5.25. The summed E-state index contributed by atoms with van der Waals surface area (Å²) in [5, 5.41) is 4.83. The number of nitrogens with one attached hydrogen (secondary N) is 1. The van der Waals surface area contributed by atoms with Gasteiger partial charge in [0, 0.05) is 34.9 Å². The highest BCUT2D eigenvalue weighted by Crippen LogP contribution is 2.38. The normalized spacial score (nSPS) is 16.3. The molecule has 1 atom stereocenters. The van der Waals surface area contributed by atoms with Crippen LogP contribution in [-0.2, 0) is 13.0 Å². The van der Waals surface area contributed by atoms with Crippen molar-refractivity contribution in [3.63, 3.8) is 0 Å². The lowest BCUT2D eigenvalue weighted by Crippen LogP contribution is -2.24. The van der Waals surface area contributed by atoms with E-state index in [-0.39, 0.29) is 0 Å². The minimum Gasteiger partial charge on any atom is -0.497 e. The quantitative estimate of drug-likeness (QED) is 0.712. The summed E-state index contributed by atoms with van der Waals surface area (Å²) in [5.41, 5.74) is 4.78. The summed E-state index contributed by atoms with van der Waals surface area (Å²) < 4.78 is 5.25. The van der Waals surface area contributed by atoms with E-state index in [1.165, 1.54) is 22.6 Å². The van der Waals surface area contributed by atoms with Crippen LogP contribution in [0.4, 0.5) is 0 Å². The number of pyridine rings is 1. The van der Waals surface area contributed by atoms with Gasteiger partial charge in [-0.05, 0) is 62.1 Å². The zero-order valence-electron chi connectivity index (χ0n) is 15.2. The molecule has 0 amide bonds. The Morgan fingerprint density at radius 3 is 2.85 bits per heavy atom. The maximum Gasteiger partial charge on any atom is 0.123 e. The monoisotopic (exact) mass is 365 g/mol. The Bertz CT molecular complexity index is 889. The lowest BCUT2D eigenvalue weighted by molar-refractivity contribution is 0.415. The van der Waals surface area contributed by atoms with Crippen molar-refractivity contribution in [2.45, 2.75) is 38.8 Å². The van der Waals surface area contributed by atoms with Crippen LogP contribution in [0.2, 0.25) is 0 Å². The first-order chi connectivity index (χ1) is 12.7. The van der Waals surface area contributed by atoms with Gasteiger partial charge in [0.15, 0.2) is 0 Å². The molecule has 0 aliphatic heterocycles. The van der Waals surface area contributed by atoms with Gasteiger partial charge in [-0.15, -0.1) is 11.3 Å². The summed E-state index contributed by atoms with van der Waals surface area (Å²) in [7, 11) is 1.69. The van der Waals surface area contributed by atoms with Crippen LogP contribution >= 0.6 is 11.3 Å². The molecule has 2 heterocycles. The zero-order valence-corrected chi connectivity index (χ0v) is 16.0. The highest BCUT2D eigenvalue weighted by atomic mass is 32.1. The van der Waals surface area contributed by atoms with E-state index < -0.39 is 0 Å². The minimum atomic E-state index is 0.378. The number of rotatable bonds is 5. The minimum absolute atomic E-state index is 0.378. The van der Waals surface area contributed by atoms with E-state index >= 15 is 0 Å². The van der Waals surface area contributed by atoms with Crippen molar-refractivity contribution in [1.82, 2.24) is 15.3 Å². The van der Waals surface area contributed by atoms with Gasteiger partial charge >= 0.3 is 0 Å². The largest absolute Gasteiger partial charge is 0.497 e. The molecule has 0 spiro atoms. The first-order valence-electron chi connectivity index (χ1n) is 9.02. The number of aromatic nitrogens is 2. The van der Waals surface area contributed by atoms with Crippen LogP contribution in [0.1, 0.15) is 40.7 Å². The molecule has 3 aromatic rings. The summed E-state index contributed by atoms with van der Waals surface area (Å²) in [6.45, 7) is 2.91. The fraction of sp³-hybridized carbons (Fsp3) is 0.333. The van der Waals surface area contributed by atoms with Crippen LogP contribution in [0, 0.1) is 6.92 Å². The molecule has 0 saturated carbocycles. The van der Waals surface area contributed by atoms with Crippen molar-refractivity contribution < 1.29 is 4.74 Å². The molecule has 1 N–H and O–H groups in total. The summed E-state index contributed by atoms with van der Waals surface area (Å²) in [6.07, 6.45) is 5.27. The van der Waals surface area contributed by atoms with Gasteiger partial charge in [0.25, 0.3) is 0 Å². The van der Waals surface area contributed by atoms with Crippen LogP contribution in [0.15, 0.2) is 42.6 Å². The number of fused-ring (bicyclic) bond motifs is 1. The Morgan fingerprint density at radius 2 is 2.08 bits per heavy atom. The summed E-state index contributed by atoms with van der Waals surface area (Å²) in [4.78, 5) is 10.7. The Labute approximate surface area is 158 Å². The van der Waals surface area contributed by atoms with Crippen molar-refractivity contribution >= 4 is 11.3 Å². The molecule has 1 unspecified atom stereocenters. The molecular weight excluding hydrogens is 342 g/mol. The first-order valence-corrected chi connectivity index (χ1v) is 9.84. The lowest BCUT2D eigenvalue weighted by atomic mass is 9.98. The average molecular weight is 366 g/mol. The smallest absolute Gasteiger partial charge is 0.123 e. The Kier molecular flexibility index (Phi) is 5.00. The van der Waals surface area contributed by atoms with Gasteiger partial charge in [0.05, 0.1) is 12.8 Å². The number of methoxy groups -OCH3 is 1. The van der Waals surface area contributed by atoms with E-state index in [1.807, 2.05) is 35.7 Å². The molecule has 26 heavy (non-hydrogen) atoms. The molecule has 5 heteroatoms. The second-order valence-corrected chi connectivity index (χ2v) is 7.66. The van der Waals surface area contributed by atoms with Crippen molar-refractivity contribution in [3.05, 3.63) is 64.4 Å². The molecule has 0 fully saturated rings. The number of hydrogen-bond acceptors (Lipinski definition) is 5. The number of nitrogens with zero attached hydrogens (tertiary/aromatic N) is 2. The standard InChI is InChI=1S/C21H23N3OS/c1-14-16(5-4-12-22-14)13-23-18-6-3-7-19-20(18)26-21(24-19)15-8-10-17(25-2)11-9-15/h4-5,8-12,18,23H,3,6-7,13H2,1-2H3. The van der Waals surface area contributed by atoms with E-state index in [1.54, 1.807) is 7.11 Å². The lowest BCUT2D eigenvalue weighted by Gasteiger charge is -2.22. The van der Waals surface area contributed by atoms with Gasteiger partial charge < -0.3 is 10.1 Å². The van der Waals surface area contributed by atoms with Crippen LogP contribution < -0.4 is 10.1 Å². The van der Waals surface area contributed by atoms with E-state index in [0.717, 1.165) is 41.4 Å². The topological polar surface area (TPSA) is 47.0 Å². The van der Waals surface area contributed by atoms with Crippen LogP contribution in [0.5, 0.6) is 5.75 Å². The van der Waals surface area contributed by atoms with Gasteiger partial charge in [-0.3, -0.25) is 4.98 Å². The summed E-state index contributed by atoms with van der Waals surface area (Å²) >= 11 is 1.82. The third-order valence-corrected chi connectivity index (χ3v) is 6.20. The Balaban J connectivity index is 1.54. The van der Waals surface area contributed by atoms with Crippen molar-refractivity contribution in [3.8, 4) is 16.3 Å².